The molecule has 0 saturated carbocycles. The number of rotatable bonds is 5. The van der Waals surface area contributed by atoms with Crippen LogP contribution in [0.3, 0.4) is 0 Å². The number of fused-ring (bicyclic) bond motifs is 1. The summed E-state index contributed by atoms with van der Waals surface area (Å²) in [5, 5.41) is 2.86. The van der Waals surface area contributed by atoms with Gasteiger partial charge in [0, 0.05) is 32.4 Å². The number of carbonyl (C=O) groups is 1. The fourth-order valence-corrected chi connectivity index (χ4v) is 4.02. The summed E-state index contributed by atoms with van der Waals surface area (Å²) in [5.74, 6) is -0.671. The number of sulfonamides is 1. The summed E-state index contributed by atoms with van der Waals surface area (Å²) in [4.78, 5) is 16.9. The molecule has 0 spiro atoms. The molecule has 1 fully saturated rings. The summed E-state index contributed by atoms with van der Waals surface area (Å²) in [5.41, 5.74) is 2.00. The van der Waals surface area contributed by atoms with Crippen LogP contribution in [0, 0.1) is 12.8 Å². The highest BCUT2D eigenvalue weighted by Crippen LogP contribution is 2.18. The number of amides is 1. The maximum atomic E-state index is 12.5. The molecule has 9 heteroatoms. The smallest absolute Gasteiger partial charge is 0.271 e. The molecule has 1 amide bonds. The Kier molecular flexibility index (Phi) is 4.81. The molecule has 25 heavy (non-hydrogen) atoms. The minimum Gasteiger partial charge on any atom is -0.379 e. The highest BCUT2D eigenvalue weighted by atomic mass is 32.2. The molecule has 0 aliphatic carbocycles. The first-order valence-corrected chi connectivity index (χ1v) is 9.62. The van der Waals surface area contributed by atoms with Gasteiger partial charge in [0.15, 0.2) is 0 Å². The van der Waals surface area contributed by atoms with E-state index in [1.807, 2.05) is 25.3 Å². The number of ether oxygens (including phenoxy) is 1. The summed E-state index contributed by atoms with van der Waals surface area (Å²) in [6.45, 7) is 2.53. The molecule has 0 unspecified atom stereocenters. The molecule has 3 heterocycles. The normalized spacial score (nSPS) is 21.1. The van der Waals surface area contributed by atoms with E-state index in [0.717, 1.165) is 11.2 Å². The lowest BCUT2D eigenvalue weighted by molar-refractivity contribution is 0.0921. The zero-order valence-electron chi connectivity index (χ0n) is 14.5. The van der Waals surface area contributed by atoms with Crippen LogP contribution in [0.4, 0.5) is 0 Å². The number of aryl methyl sites for hydroxylation is 1. The molecular weight excluding hydrogens is 344 g/mol. The zero-order chi connectivity index (χ0) is 18.2. The van der Waals surface area contributed by atoms with Crippen molar-refractivity contribution in [3.8, 4) is 0 Å². The Bertz CT molecular complexity index is 891. The summed E-state index contributed by atoms with van der Waals surface area (Å²) in [7, 11) is -0.363. The number of carbonyl (C=O) groups excluding carboxylic acids is 1. The van der Waals surface area contributed by atoms with Crippen molar-refractivity contribution in [3.63, 3.8) is 0 Å². The van der Waals surface area contributed by atoms with Gasteiger partial charge in [0.2, 0.25) is 10.0 Å². The molecule has 8 nitrogen and oxygen atoms in total. The molecule has 0 bridgehead atoms. The standard InChI is InChI=1S/C16H22N4O4S/c1-11-5-4-6-20-7-13(17-15(11)20)16(21)18-14-9-24-8-12(14)10-25(22,23)19(2)3/h4-7,12,14H,8-10H2,1-3H3,(H,18,21)/t12-,14+/m0/s1. The molecule has 2 aromatic rings. The first-order chi connectivity index (χ1) is 11.8. The Morgan fingerprint density at radius 3 is 2.88 bits per heavy atom. The van der Waals surface area contributed by atoms with Crippen LogP contribution < -0.4 is 5.32 Å². The van der Waals surface area contributed by atoms with Gasteiger partial charge < -0.3 is 14.5 Å². The average Bonchev–Trinajstić information content (AvgIpc) is 3.15. The third-order valence-electron chi connectivity index (χ3n) is 4.41. The lowest BCUT2D eigenvalue weighted by Crippen LogP contribution is -2.43. The van der Waals surface area contributed by atoms with E-state index in [9.17, 15) is 13.2 Å². The van der Waals surface area contributed by atoms with Gasteiger partial charge in [-0.1, -0.05) is 6.07 Å². The molecule has 0 aromatic carbocycles. The van der Waals surface area contributed by atoms with E-state index in [1.165, 1.54) is 18.4 Å². The Hall–Kier alpha value is -1.97. The molecule has 1 N–H and O–H groups in total. The van der Waals surface area contributed by atoms with Crippen molar-refractivity contribution < 1.29 is 17.9 Å². The molecule has 2 aromatic heterocycles. The summed E-state index contributed by atoms with van der Waals surface area (Å²) in [6.07, 6.45) is 3.50. The van der Waals surface area contributed by atoms with Crippen molar-refractivity contribution >= 4 is 21.6 Å². The van der Waals surface area contributed by atoms with Gasteiger partial charge >= 0.3 is 0 Å². The van der Waals surface area contributed by atoms with Gasteiger partial charge in [-0.25, -0.2) is 17.7 Å². The van der Waals surface area contributed by atoms with Crippen LogP contribution in [0.1, 0.15) is 16.1 Å². The number of nitrogens with one attached hydrogen (secondary N) is 1. The van der Waals surface area contributed by atoms with E-state index in [4.69, 9.17) is 4.74 Å². The highest BCUT2D eigenvalue weighted by molar-refractivity contribution is 7.89. The van der Waals surface area contributed by atoms with Crippen molar-refractivity contribution in [1.82, 2.24) is 19.0 Å². The summed E-state index contributed by atoms with van der Waals surface area (Å²) >= 11 is 0. The number of aromatic nitrogens is 2. The van der Waals surface area contributed by atoms with E-state index < -0.39 is 10.0 Å². The quantitative estimate of drug-likeness (QED) is 0.820. The monoisotopic (exact) mass is 366 g/mol. The van der Waals surface area contributed by atoms with Gasteiger partial charge in [-0.3, -0.25) is 4.79 Å². The van der Waals surface area contributed by atoms with Crippen LogP contribution in [0.15, 0.2) is 24.5 Å². The van der Waals surface area contributed by atoms with E-state index >= 15 is 0 Å². The van der Waals surface area contributed by atoms with Gasteiger partial charge in [0.05, 0.1) is 25.0 Å². The fourth-order valence-electron chi connectivity index (χ4n) is 2.85. The Morgan fingerprint density at radius 2 is 2.20 bits per heavy atom. The van der Waals surface area contributed by atoms with Crippen LogP contribution in [0.25, 0.3) is 5.65 Å². The third kappa shape index (κ3) is 3.68. The third-order valence-corrected chi connectivity index (χ3v) is 6.37. The van der Waals surface area contributed by atoms with Gasteiger partial charge in [-0.15, -0.1) is 0 Å². The summed E-state index contributed by atoms with van der Waals surface area (Å²) < 4.78 is 32.5. The van der Waals surface area contributed by atoms with Crippen molar-refractivity contribution in [2.45, 2.75) is 13.0 Å². The highest BCUT2D eigenvalue weighted by Gasteiger charge is 2.34. The molecule has 2 atom stereocenters. The first kappa shape index (κ1) is 17.8. The molecule has 1 saturated heterocycles. The maximum Gasteiger partial charge on any atom is 0.271 e. The van der Waals surface area contributed by atoms with Crippen LogP contribution in [0.2, 0.25) is 0 Å². The largest absolute Gasteiger partial charge is 0.379 e. The molecule has 0 radical (unpaired) electrons. The molecule has 3 rings (SSSR count). The van der Waals surface area contributed by atoms with Crippen molar-refractivity contribution in [1.29, 1.82) is 0 Å². The molecular formula is C16H22N4O4S. The van der Waals surface area contributed by atoms with Crippen LogP contribution in [-0.2, 0) is 14.8 Å². The second-order valence-corrected chi connectivity index (χ2v) is 8.71. The molecule has 1 aliphatic rings. The second-order valence-electron chi connectivity index (χ2n) is 6.49. The molecule has 136 valence electrons. The minimum absolute atomic E-state index is 0.0603. The van der Waals surface area contributed by atoms with Crippen molar-refractivity contribution in [2.24, 2.45) is 5.92 Å². The number of hydrogen-bond donors (Lipinski definition) is 1. The second kappa shape index (κ2) is 6.74. The Balaban J connectivity index is 1.74. The lowest BCUT2D eigenvalue weighted by atomic mass is 10.1. The minimum atomic E-state index is -3.36. The van der Waals surface area contributed by atoms with Crippen LogP contribution in [0.5, 0.6) is 0 Å². The first-order valence-electron chi connectivity index (χ1n) is 8.01. The van der Waals surface area contributed by atoms with Gasteiger partial charge in [0.1, 0.15) is 11.3 Å². The Morgan fingerprint density at radius 1 is 1.44 bits per heavy atom. The van der Waals surface area contributed by atoms with Crippen molar-refractivity contribution in [3.05, 3.63) is 35.8 Å². The van der Waals surface area contributed by atoms with Crippen molar-refractivity contribution in [2.75, 3.05) is 33.1 Å². The lowest BCUT2D eigenvalue weighted by Gasteiger charge is -2.20. The van der Waals surface area contributed by atoms with Gasteiger partial charge in [-0.05, 0) is 18.6 Å². The zero-order valence-corrected chi connectivity index (χ0v) is 15.3. The predicted molar refractivity (Wildman–Crippen MR) is 93.0 cm³/mol. The van der Waals surface area contributed by atoms with E-state index in [2.05, 4.69) is 10.3 Å². The van der Waals surface area contributed by atoms with Crippen LogP contribution >= 0.6 is 0 Å². The fraction of sp³-hybridized carbons (Fsp3) is 0.500. The SMILES string of the molecule is Cc1cccn2cc(C(=O)N[C@@H]3COC[C@H]3CS(=O)(=O)N(C)C)nc12. The van der Waals surface area contributed by atoms with E-state index in [0.29, 0.717) is 18.9 Å². The Labute approximate surface area is 146 Å². The average molecular weight is 366 g/mol. The number of imidazole rings is 1. The van der Waals surface area contributed by atoms with Crippen LogP contribution in [-0.4, -0.2) is 67.1 Å². The van der Waals surface area contributed by atoms with E-state index in [-0.39, 0.29) is 23.6 Å². The summed E-state index contributed by atoms with van der Waals surface area (Å²) in [6, 6.07) is 3.46. The number of nitrogens with zero attached hydrogens (tertiary/aromatic N) is 3. The maximum absolute atomic E-state index is 12.5. The van der Waals surface area contributed by atoms with Gasteiger partial charge in [-0.2, -0.15) is 0 Å². The van der Waals surface area contributed by atoms with Gasteiger partial charge in [0.25, 0.3) is 5.91 Å². The molecule has 1 aliphatic heterocycles. The van der Waals surface area contributed by atoms with E-state index in [1.54, 1.807) is 10.6 Å². The topological polar surface area (TPSA) is 93.0 Å². The number of pyridine rings is 1. The predicted octanol–water partition coefficient (Wildman–Crippen LogP) is 0.279. The number of hydrogen-bond acceptors (Lipinski definition) is 5.